The lowest BCUT2D eigenvalue weighted by Crippen LogP contribution is -2.39. The molecule has 162 valence electrons. The van der Waals surface area contributed by atoms with Crippen LogP contribution in [0.4, 0.5) is 13.2 Å². The van der Waals surface area contributed by atoms with Crippen molar-refractivity contribution in [2.45, 2.75) is 36.7 Å². The minimum atomic E-state index is -4.81. The fraction of sp³-hybridized carbons (Fsp3) is 0.429. The number of hydrogen-bond acceptors (Lipinski definition) is 4. The number of likely N-dealkylation sites (tertiary alicyclic amines) is 1. The summed E-state index contributed by atoms with van der Waals surface area (Å²) in [5, 5.41) is 0. The van der Waals surface area contributed by atoms with Crippen molar-refractivity contribution in [3.05, 3.63) is 60.2 Å². The van der Waals surface area contributed by atoms with Crippen LogP contribution in [0.3, 0.4) is 0 Å². The van der Waals surface area contributed by atoms with E-state index in [9.17, 15) is 21.6 Å². The number of halogens is 3. The molecule has 1 N–H and O–H groups in total. The van der Waals surface area contributed by atoms with Crippen molar-refractivity contribution in [2.24, 2.45) is 11.8 Å². The number of sulfonamides is 1. The smallest absolute Gasteiger partial charge is 0.406 e. The predicted octanol–water partition coefficient (Wildman–Crippen LogP) is 3.77. The van der Waals surface area contributed by atoms with Crippen LogP contribution < -0.4 is 9.46 Å². The molecule has 1 saturated carbocycles. The second-order valence-electron chi connectivity index (χ2n) is 7.93. The third kappa shape index (κ3) is 4.96. The zero-order valence-electron chi connectivity index (χ0n) is 16.2. The molecule has 0 spiro atoms. The summed E-state index contributed by atoms with van der Waals surface area (Å²) in [5.41, 5.74) is 1.23. The van der Waals surface area contributed by atoms with E-state index in [1.807, 2.05) is 18.2 Å². The number of nitrogens with one attached hydrogen (secondary N) is 1. The lowest BCUT2D eigenvalue weighted by atomic mass is 9.98. The van der Waals surface area contributed by atoms with Crippen molar-refractivity contribution in [1.29, 1.82) is 0 Å². The Morgan fingerprint density at radius 2 is 1.70 bits per heavy atom. The van der Waals surface area contributed by atoms with Gasteiger partial charge in [-0.2, -0.15) is 0 Å². The number of hydrogen-bond donors (Lipinski definition) is 1. The van der Waals surface area contributed by atoms with E-state index in [4.69, 9.17) is 0 Å². The summed E-state index contributed by atoms with van der Waals surface area (Å²) in [4.78, 5) is 2.29. The van der Waals surface area contributed by atoms with Gasteiger partial charge in [-0.25, -0.2) is 13.1 Å². The first-order chi connectivity index (χ1) is 14.2. The molecule has 2 aliphatic rings. The van der Waals surface area contributed by atoms with E-state index in [1.54, 1.807) is 0 Å². The Morgan fingerprint density at radius 1 is 1.00 bits per heavy atom. The summed E-state index contributed by atoms with van der Waals surface area (Å²) < 4.78 is 68.9. The predicted molar refractivity (Wildman–Crippen MR) is 105 cm³/mol. The zero-order chi connectivity index (χ0) is 21.4. The average Bonchev–Trinajstić information content (AvgIpc) is 3.23. The summed E-state index contributed by atoms with van der Waals surface area (Å²) in [6.45, 7) is 2.61. The highest BCUT2D eigenvalue weighted by Gasteiger charge is 2.44. The molecule has 0 amide bonds. The van der Waals surface area contributed by atoms with Crippen molar-refractivity contribution in [3.8, 4) is 5.75 Å². The van der Waals surface area contributed by atoms with Crippen LogP contribution in [0.1, 0.15) is 18.4 Å². The fourth-order valence-corrected chi connectivity index (χ4v) is 5.88. The Bertz CT molecular complexity index is 965. The maximum Gasteiger partial charge on any atom is 0.573 e. The Labute approximate surface area is 173 Å². The van der Waals surface area contributed by atoms with Gasteiger partial charge in [-0.1, -0.05) is 30.3 Å². The topological polar surface area (TPSA) is 58.6 Å². The van der Waals surface area contributed by atoms with Gasteiger partial charge in [0.05, 0.1) is 4.90 Å². The fourth-order valence-electron chi connectivity index (χ4n) is 4.56. The maximum absolute atomic E-state index is 12.8. The molecule has 1 aliphatic heterocycles. The summed E-state index contributed by atoms with van der Waals surface area (Å²) in [5.74, 6) is 0.232. The third-order valence-corrected chi connectivity index (χ3v) is 7.36. The molecule has 30 heavy (non-hydrogen) atoms. The summed E-state index contributed by atoms with van der Waals surface area (Å²) >= 11 is 0. The van der Waals surface area contributed by atoms with Crippen LogP contribution in [-0.2, 0) is 16.6 Å². The molecule has 9 heteroatoms. The van der Waals surface area contributed by atoms with E-state index in [1.165, 1.54) is 5.56 Å². The third-order valence-electron chi connectivity index (χ3n) is 5.86. The van der Waals surface area contributed by atoms with Gasteiger partial charge >= 0.3 is 6.36 Å². The number of ether oxygens (including phenoxy) is 1. The quantitative estimate of drug-likeness (QED) is 0.743. The number of nitrogens with zero attached hydrogens (tertiary/aromatic N) is 1. The molecule has 1 heterocycles. The molecule has 2 aromatic carbocycles. The van der Waals surface area contributed by atoms with Gasteiger partial charge in [0.15, 0.2) is 0 Å². The number of benzene rings is 2. The first-order valence-corrected chi connectivity index (χ1v) is 11.3. The molecular formula is C21H23F3N2O3S. The maximum atomic E-state index is 12.8. The lowest BCUT2D eigenvalue weighted by molar-refractivity contribution is -0.274. The van der Waals surface area contributed by atoms with Gasteiger partial charge in [0.25, 0.3) is 0 Å². The molecule has 0 aromatic heterocycles. The van der Waals surface area contributed by atoms with Gasteiger partial charge in [0.1, 0.15) is 5.75 Å². The first-order valence-electron chi connectivity index (χ1n) is 9.84. The van der Waals surface area contributed by atoms with E-state index in [0.29, 0.717) is 5.92 Å². The van der Waals surface area contributed by atoms with Gasteiger partial charge in [-0.3, -0.25) is 4.90 Å². The van der Waals surface area contributed by atoms with E-state index in [2.05, 4.69) is 26.5 Å². The van der Waals surface area contributed by atoms with Crippen LogP contribution in [0.2, 0.25) is 0 Å². The molecule has 1 aliphatic carbocycles. The average molecular weight is 440 g/mol. The molecule has 4 rings (SSSR count). The number of alkyl halides is 3. The van der Waals surface area contributed by atoms with Crippen LogP contribution in [0.15, 0.2) is 59.5 Å². The monoisotopic (exact) mass is 440 g/mol. The standard InChI is InChI=1S/C21H23F3N2O3S/c22-21(23,24)29-17-7-9-18(10-8-17)30(27,28)25-20-11-6-16-13-26(14-19(16)20)12-15-4-2-1-3-5-15/h1-5,7-10,16,19-20,25H,6,11-14H2/t16-,19-,20+/m0/s1. The van der Waals surface area contributed by atoms with Crippen LogP contribution in [0, 0.1) is 11.8 Å². The minimum Gasteiger partial charge on any atom is -0.406 e. The highest BCUT2D eigenvalue weighted by Crippen LogP contribution is 2.39. The van der Waals surface area contributed by atoms with Gasteiger partial charge < -0.3 is 4.74 Å². The van der Waals surface area contributed by atoms with Crippen LogP contribution in [-0.4, -0.2) is 38.8 Å². The number of rotatable bonds is 6. The number of fused-ring (bicyclic) bond motifs is 1. The molecule has 5 nitrogen and oxygen atoms in total. The normalized spacial score (nSPS) is 24.7. The first kappa shape index (κ1) is 21.1. The Hall–Kier alpha value is -2.10. The van der Waals surface area contributed by atoms with Crippen LogP contribution >= 0.6 is 0 Å². The summed E-state index contributed by atoms with van der Waals surface area (Å²) in [6, 6.07) is 14.3. The molecule has 2 fully saturated rings. The SMILES string of the molecule is O=S(=O)(N[C@@H]1CC[C@H]2CN(Cc3ccccc3)C[C@@H]21)c1ccc(OC(F)(F)F)cc1. The van der Waals surface area contributed by atoms with Crippen molar-refractivity contribution in [2.75, 3.05) is 13.1 Å². The van der Waals surface area contributed by atoms with Gasteiger partial charge in [0.2, 0.25) is 10.0 Å². The molecule has 3 atom stereocenters. The van der Waals surface area contributed by atoms with Crippen molar-refractivity contribution in [3.63, 3.8) is 0 Å². The van der Waals surface area contributed by atoms with Gasteiger partial charge in [-0.15, -0.1) is 13.2 Å². The second kappa shape index (κ2) is 8.20. The van der Waals surface area contributed by atoms with E-state index >= 15 is 0 Å². The van der Waals surface area contributed by atoms with Crippen LogP contribution in [0.25, 0.3) is 0 Å². The summed E-state index contributed by atoms with van der Waals surface area (Å²) in [6.07, 6.45) is -3.09. The molecule has 0 unspecified atom stereocenters. The van der Waals surface area contributed by atoms with Gasteiger partial charge in [-0.05, 0) is 54.5 Å². The summed E-state index contributed by atoms with van der Waals surface area (Å²) in [7, 11) is -3.82. The molecular weight excluding hydrogens is 417 g/mol. The zero-order valence-corrected chi connectivity index (χ0v) is 17.0. The second-order valence-corrected chi connectivity index (χ2v) is 9.64. The van der Waals surface area contributed by atoms with Crippen molar-refractivity contribution in [1.82, 2.24) is 9.62 Å². The Morgan fingerprint density at radius 3 is 2.37 bits per heavy atom. The highest BCUT2D eigenvalue weighted by atomic mass is 32.2. The van der Waals surface area contributed by atoms with E-state index in [-0.39, 0.29) is 16.9 Å². The van der Waals surface area contributed by atoms with Crippen molar-refractivity contribution >= 4 is 10.0 Å². The lowest BCUT2D eigenvalue weighted by Gasteiger charge is -2.22. The minimum absolute atomic E-state index is 0.0698. The van der Waals surface area contributed by atoms with Crippen LogP contribution in [0.5, 0.6) is 5.75 Å². The van der Waals surface area contributed by atoms with E-state index in [0.717, 1.165) is 56.7 Å². The Balaban J connectivity index is 1.39. The highest BCUT2D eigenvalue weighted by molar-refractivity contribution is 7.89. The molecule has 0 radical (unpaired) electrons. The van der Waals surface area contributed by atoms with E-state index < -0.39 is 22.1 Å². The molecule has 1 saturated heterocycles. The molecule has 0 bridgehead atoms. The molecule has 2 aromatic rings. The largest absolute Gasteiger partial charge is 0.573 e. The Kier molecular flexibility index (Phi) is 5.78. The van der Waals surface area contributed by atoms with Crippen molar-refractivity contribution < 1.29 is 26.3 Å². The van der Waals surface area contributed by atoms with Gasteiger partial charge in [0, 0.05) is 25.7 Å².